The van der Waals surface area contributed by atoms with E-state index >= 15 is 0 Å². The van der Waals surface area contributed by atoms with Crippen LogP contribution in [-0.4, -0.2) is 9.55 Å². The summed E-state index contributed by atoms with van der Waals surface area (Å²) in [4.78, 5) is 5.04. The molecule has 0 saturated carbocycles. The SMILES string of the molecule is c1ccc2c(-c3ccc4c(c3)c3cc(-c5cccc6ccccc56)ccc3n4-c3ccc(-c4nc5c(o4)-c4cccc6cccc-5c46)cc3)cccc2c1. The maximum absolute atomic E-state index is 6.51. The minimum atomic E-state index is 0.639. The van der Waals surface area contributed by atoms with Gasteiger partial charge in [0, 0.05) is 38.5 Å². The molecule has 0 aliphatic heterocycles. The second-order valence-electron chi connectivity index (χ2n) is 14.3. The summed E-state index contributed by atoms with van der Waals surface area (Å²) in [6, 6.07) is 65.8. The molecule has 11 aromatic rings. The number of hydrogen-bond acceptors (Lipinski definition) is 2. The molecule has 250 valence electrons. The summed E-state index contributed by atoms with van der Waals surface area (Å²) in [5, 5.41) is 9.88. The van der Waals surface area contributed by atoms with Gasteiger partial charge in [0.05, 0.1) is 11.0 Å². The largest absolute Gasteiger partial charge is 0.435 e. The number of oxazole rings is 1. The van der Waals surface area contributed by atoms with Crippen LogP contribution >= 0.6 is 0 Å². The highest BCUT2D eigenvalue weighted by atomic mass is 16.4. The molecule has 3 nitrogen and oxygen atoms in total. The summed E-state index contributed by atoms with van der Waals surface area (Å²) in [5.41, 5.74) is 12.4. The Labute approximate surface area is 311 Å². The van der Waals surface area contributed by atoms with Gasteiger partial charge in [-0.3, -0.25) is 0 Å². The Morgan fingerprint density at radius 1 is 0.389 bits per heavy atom. The average Bonchev–Trinajstić information content (AvgIpc) is 3.91. The molecule has 9 aromatic carbocycles. The van der Waals surface area contributed by atoms with Crippen LogP contribution in [-0.2, 0) is 0 Å². The molecule has 0 N–H and O–H groups in total. The Morgan fingerprint density at radius 2 is 0.889 bits per heavy atom. The van der Waals surface area contributed by atoms with Crippen molar-refractivity contribution < 1.29 is 4.42 Å². The Bertz CT molecular complexity index is 3120. The zero-order valence-corrected chi connectivity index (χ0v) is 29.1. The lowest BCUT2D eigenvalue weighted by molar-refractivity contribution is 0.590. The quantitative estimate of drug-likeness (QED) is 0.184. The van der Waals surface area contributed by atoms with E-state index in [9.17, 15) is 0 Å². The monoisotopic (exact) mass is 686 g/mol. The Morgan fingerprint density at radius 3 is 1.50 bits per heavy atom. The number of hydrogen-bond donors (Lipinski definition) is 0. The lowest BCUT2D eigenvalue weighted by Crippen LogP contribution is -1.94. The number of aromatic nitrogens is 2. The zero-order chi connectivity index (χ0) is 35.3. The molecule has 0 spiro atoms. The average molecular weight is 687 g/mol. The molecule has 0 bridgehead atoms. The van der Waals surface area contributed by atoms with Gasteiger partial charge in [0.15, 0.2) is 5.76 Å². The zero-order valence-electron chi connectivity index (χ0n) is 29.1. The minimum Gasteiger partial charge on any atom is -0.435 e. The van der Waals surface area contributed by atoms with Crippen LogP contribution in [0.25, 0.3) is 116 Å². The van der Waals surface area contributed by atoms with E-state index in [1.807, 2.05) is 0 Å². The Kier molecular flexibility index (Phi) is 6.05. The predicted molar refractivity (Wildman–Crippen MR) is 224 cm³/mol. The van der Waals surface area contributed by atoms with Crippen molar-refractivity contribution in [1.82, 2.24) is 9.55 Å². The summed E-state index contributed by atoms with van der Waals surface area (Å²) in [6.45, 7) is 0. The highest BCUT2D eigenvalue weighted by Gasteiger charge is 2.28. The van der Waals surface area contributed by atoms with Gasteiger partial charge in [0.25, 0.3) is 0 Å². The summed E-state index contributed by atoms with van der Waals surface area (Å²) in [7, 11) is 0. The maximum Gasteiger partial charge on any atom is 0.227 e. The van der Waals surface area contributed by atoms with Gasteiger partial charge in [-0.15, -0.1) is 0 Å². The fourth-order valence-electron chi connectivity index (χ4n) is 8.88. The lowest BCUT2D eigenvalue weighted by atomic mass is 9.95. The van der Waals surface area contributed by atoms with Gasteiger partial charge < -0.3 is 8.98 Å². The molecule has 2 aromatic heterocycles. The van der Waals surface area contributed by atoms with Gasteiger partial charge in [-0.25, -0.2) is 4.98 Å². The van der Waals surface area contributed by atoms with E-state index in [0.717, 1.165) is 44.9 Å². The first-order valence-corrected chi connectivity index (χ1v) is 18.5. The smallest absolute Gasteiger partial charge is 0.227 e. The molecule has 3 heteroatoms. The highest BCUT2D eigenvalue weighted by molar-refractivity contribution is 6.14. The molecule has 0 atom stereocenters. The molecule has 2 heterocycles. The number of benzene rings is 9. The molecule has 0 saturated heterocycles. The van der Waals surface area contributed by atoms with Crippen molar-refractivity contribution in [2.75, 3.05) is 0 Å². The van der Waals surface area contributed by atoms with Crippen LogP contribution in [0.2, 0.25) is 0 Å². The fourth-order valence-corrected chi connectivity index (χ4v) is 8.88. The number of fused-ring (bicyclic) bond motifs is 8. The van der Waals surface area contributed by atoms with Gasteiger partial charge in [-0.05, 0) is 97.7 Å². The van der Waals surface area contributed by atoms with Crippen LogP contribution in [0.4, 0.5) is 0 Å². The second-order valence-corrected chi connectivity index (χ2v) is 14.3. The van der Waals surface area contributed by atoms with Crippen molar-refractivity contribution in [2.45, 2.75) is 0 Å². The van der Waals surface area contributed by atoms with E-state index in [2.05, 4.69) is 187 Å². The lowest BCUT2D eigenvalue weighted by Gasteiger charge is -2.10. The second kappa shape index (κ2) is 11.1. The topological polar surface area (TPSA) is 31.0 Å². The van der Waals surface area contributed by atoms with E-state index in [0.29, 0.717) is 5.89 Å². The van der Waals surface area contributed by atoms with E-state index in [1.54, 1.807) is 0 Å². The van der Waals surface area contributed by atoms with Crippen molar-refractivity contribution in [3.05, 3.63) is 182 Å². The van der Waals surface area contributed by atoms with E-state index in [4.69, 9.17) is 9.40 Å². The summed E-state index contributed by atoms with van der Waals surface area (Å²) in [6.07, 6.45) is 0. The van der Waals surface area contributed by atoms with Gasteiger partial charge in [-0.2, -0.15) is 0 Å². The standard InChI is InChI=1S/C51H30N2O/c1-3-15-38-31(9-1)11-5-17-40(38)35-23-27-46-44(29-35)45-30-36(41-18-6-12-32-10-2-4-16-39(32)41)24-28-47(45)53(46)37-25-21-34(22-26-37)51-52-49-42-19-7-13-33-14-8-20-43(48(33)42)50(49)54-51/h1-30H. The van der Waals surface area contributed by atoms with Crippen molar-refractivity contribution in [2.24, 2.45) is 0 Å². The van der Waals surface area contributed by atoms with E-state index in [1.165, 1.54) is 65.3 Å². The van der Waals surface area contributed by atoms with Crippen molar-refractivity contribution in [3.63, 3.8) is 0 Å². The first-order chi connectivity index (χ1) is 26.8. The Balaban J connectivity index is 1.02. The number of rotatable bonds is 4. The molecule has 0 fully saturated rings. The molecule has 12 rings (SSSR count). The van der Waals surface area contributed by atoms with Crippen LogP contribution in [0, 0.1) is 0 Å². The minimum absolute atomic E-state index is 0.639. The van der Waals surface area contributed by atoms with Gasteiger partial charge in [0.1, 0.15) is 5.69 Å². The maximum atomic E-state index is 6.51. The van der Waals surface area contributed by atoms with Crippen molar-refractivity contribution >= 4 is 54.1 Å². The van der Waals surface area contributed by atoms with Crippen LogP contribution in [0.3, 0.4) is 0 Å². The normalized spacial score (nSPS) is 12.1. The summed E-state index contributed by atoms with van der Waals surface area (Å²) < 4.78 is 8.90. The number of nitrogens with zero attached hydrogens (tertiary/aromatic N) is 2. The molecular formula is C51H30N2O. The third-order valence-corrected chi connectivity index (χ3v) is 11.4. The summed E-state index contributed by atoms with van der Waals surface area (Å²) in [5.74, 6) is 1.49. The molecule has 1 aliphatic carbocycles. The van der Waals surface area contributed by atoms with Crippen LogP contribution in [0.1, 0.15) is 0 Å². The molecule has 0 amide bonds. The summed E-state index contributed by atoms with van der Waals surface area (Å²) >= 11 is 0. The van der Waals surface area contributed by atoms with Gasteiger partial charge in [0.2, 0.25) is 5.89 Å². The first kappa shape index (κ1) is 29.4. The van der Waals surface area contributed by atoms with Crippen molar-refractivity contribution in [3.8, 4) is 62.0 Å². The van der Waals surface area contributed by atoms with Crippen LogP contribution in [0.5, 0.6) is 0 Å². The predicted octanol–water partition coefficient (Wildman–Crippen LogP) is 13.9. The molecule has 0 radical (unpaired) electrons. The fraction of sp³-hybridized carbons (Fsp3) is 0. The molecule has 54 heavy (non-hydrogen) atoms. The third kappa shape index (κ3) is 4.21. The highest BCUT2D eigenvalue weighted by Crippen LogP contribution is 2.48. The van der Waals surface area contributed by atoms with E-state index in [-0.39, 0.29) is 0 Å². The Hall–Kier alpha value is -7.23. The molecule has 0 unspecified atom stereocenters. The first-order valence-electron chi connectivity index (χ1n) is 18.5. The van der Waals surface area contributed by atoms with Crippen LogP contribution < -0.4 is 0 Å². The van der Waals surface area contributed by atoms with Crippen LogP contribution in [0.15, 0.2) is 186 Å². The van der Waals surface area contributed by atoms with Crippen molar-refractivity contribution in [1.29, 1.82) is 0 Å². The van der Waals surface area contributed by atoms with Gasteiger partial charge >= 0.3 is 0 Å². The van der Waals surface area contributed by atoms with E-state index < -0.39 is 0 Å². The third-order valence-electron chi connectivity index (χ3n) is 11.4. The van der Waals surface area contributed by atoms with Gasteiger partial charge in [-0.1, -0.05) is 133 Å². The molecule has 1 aliphatic rings. The molecular weight excluding hydrogens is 657 g/mol.